The van der Waals surface area contributed by atoms with Crippen LogP contribution in [0.15, 0.2) is 12.1 Å². The van der Waals surface area contributed by atoms with Crippen molar-refractivity contribution in [2.45, 2.75) is 39.2 Å². The smallest absolute Gasteiger partial charge is 0.307 e. The van der Waals surface area contributed by atoms with E-state index in [4.69, 9.17) is 9.84 Å². The van der Waals surface area contributed by atoms with Crippen molar-refractivity contribution in [2.24, 2.45) is 11.8 Å². The molecule has 1 saturated heterocycles. The maximum absolute atomic E-state index is 11.1. The molecule has 1 aliphatic heterocycles. The summed E-state index contributed by atoms with van der Waals surface area (Å²) in [4.78, 5) is 11.1. The summed E-state index contributed by atoms with van der Waals surface area (Å²) in [7, 11) is 0. The molecule has 1 heterocycles. The van der Waals surface area contributed by atoms with Gasteiger partial charge in [-0.15, -0.1) is 0 Å². The minimum Gasteiger partial charge on any atom is -0.493 e. The van der Waals surface area contributed by atoms with Crippen LogP contribution in [0, 0.1) is 25.7 Å². The highest BCUT2D eigenvalue weighted by Gasteiger charge is 2.32. The molecular weight excluding hydrogens is 266 g/mol. The molecule has 21 heavy (non-hydrogen) atoms. The molecule has 1 aromatic carbocycles. The predicted molar refractivity (Wildman–Crippen MR) is 80.6 cm³/mol. The van der Waals surface area contributed by atoms with Gasteiger partial charge < -0.3 is 15.2 Å². The molecule has 2 unspecified atom stereocenters. The zero-order valence-corrected chi connectivity index (χ0v) is 12.7. The van der Waals surface area contributed by atoms with E-state index in [0.29, 0.717) is 18.9 Å². The zero-order valence-electron chi connectivity index (χ0n) is 12.7. The van der Waals surface area contributed by atoms with Crippen molar-refractivity contribution >= 4 is 5.97 Å². The van der Waals surface area contributed by atoms with Crippen LogP contribution in [-0.4, -0.2) is 24.2 Å². The number of carbonyl (C=O) groups is 1. The SMILES string of the molecule is Cc1ccc(C2CC(C(=O)O)CN2)c(OCC2CC2)c1C. The molecule has 2 fully saturated rings. The fourth-order valence-electron chi connectivity index (χ4n) is 2.92. The Hall–Kier alpha value is -1.55. The third-order valence-corrected chi connectivity index (χ3v) is 4.72. The molecule has 0 aromatic heterocycles. The van der Waals surface area contributed by atoms with Crippen LogP contribution in [0.4, 0.5) is 0 Å². The van der Waals surface area contributed by atoms with Gasteiger partial charge in [-0.2, -0.15) is 0 Å². The van der Waals surface area contributed by atoms with Gasteiger partial charge in [0.2, 0.25) is 0 Å². The zero-order chi connectivity index (χ0) is 15.0. The standard InChI is InChI=1S/C17H23NO3/c1-10-3-6-14(15-7-13(8-18-15)17(19)20)16(11(10)2)21-9-12-4-5-12/h3,6,12-13,15,18H,4-5,7-9H2,1-2H3,(H,19,20). The van der Waals surface area contributed by atoms with Crippen molar-refractivity contribution < 1.29 is 14.6 Å². The highest BCUT2D eigenvalue weighted by molar-refractivity contribution is 5.71. The second kappa shape index (κ2) is 5.68. The Bertz CT molecular complexity index is 551. The number of ether oxygens (including phenoxy) is 1. The van der Waals surface area contributed by atoms with Crippen LogP contribution < -0.4 is 10.1 Å². The molecule has 1 aliphatic carbocycles. The molecule has 2 aliphatic rings. The van der Waals surface area contributed by atoms with E-state index in [1.807, 2.05) is 0 Å². The molecule has 0 bridgehead atoms. The fraction of sp³-hybridized carbons (Fsp3) is 0.588. The van der Waals surface area contributed by atoms with Gasteiger partial charge in [-0.3, -0.25) is 4.79 Å². The van der Waals surface area contributed by atoms with E-state index in [1.165, 1.54) is 24.0 Å². The maximum atomic E-state index is 11.1. The van der Waals surface area contributed by atoms with Crippen LogP contribution in [0.2, 0.25) is 0 Å². The largest absolute Gasteiger partial charge is 0.493 e. The average Bonchev–Trinajstić information content (AvgIpc) is 3.14. The second-order valence-electron chi connectivity index (χ2n) is 6.41. The first kappa shape index (κ1) is 14.4. The molecule has 3 rings (SSSR count). The Morgan fingerprint density at radius 3 is 2.76 bits per heavy atom. The van der Waals surface area contributed by atoms with Crippen LogP contribution in [0.5, 0.6) is 5.75 Å². The van der Waals surface area contributed by atoms with Gasteiger partial charge in [-0.1, -0.05) is 12.1 Å². The van der Waals surface area contributed by atoms with Gasteiger partial charge in [0.1, 0.15) is 5.75 Å². The first-order valence-corrected chi connectivity index (χ1v) is 7.75. The Morgan fingerprint density at radius 2 is 2.14 bits per heavy atom. The van der Waals surface area contributed by atoms with Crippen molar-refractivity contribution in [2.75, 3.05) is 13.2 Å². The minimum atomic E-state index is -0.714. The van der Waals surface area contributed by atoms with Gasteiger partial charge in [0, 0.05) is 18.2 Å². The molecule has 1 aromatic rings. The van der Waals surface area contributed by atoms with Crippen molar-refractivity contribution in [1.82, 2.24) is 5.32 Å². The highest BCUT2D eigenvalue weighted by Crippen LogP contribution is 2.38. The van der Waals surface area contributed by atoms with Crippen molar-refractivity contribution in [1.29, 1.82) is 0 Å². The number of aliphatic carboxylic acids is 1. The Morgan fingerprint density at radius 1 is 1.38 bits per heavy atom. The maximum Gasteiger partial charge on any atom is 0.307 e. The molecule has 2 atom stereocenters. The Balaban J connectivity index is 1.83. The second-order valence-corrected chi connectivity index (χ2v) is 6.41. The quantitative estimate of drug-likeness (QED) is 0.875. The van der Waals surface area contributed by atoms with Gasteiger partial charge in [-0.25, -0.2) is 0 Å². The number of hydrogen-bond acceptors (Lipinski definition) is 3. The molecule has 0 amide bonds. The molecule has 114 valence electrons. The normalized spacial score (nSPS) is 25.0. The summed E-state index contributed by atoms with van der Waals surface area (Å²) in [6.07, 6.45) is 3.17. The van der Waals surface area contributed by atoms with Crippen LogP contribution in [0.3, 0.4) is 0 Å². The predicted octanol–water partition coefficient (Wildman–Crippen LogP) is 2.83. The lowest BCUT2D eigenvalue weighted by Gasteiger charge is -2.20. The van der Waals surface area contributed by atoms with Crippen molar-refractivity contribution in [3.8, 4) is 5.75 Å². The summed E-state index contributed by atoms with van der Waals surface area (Å²) in [6, 6.07) is 4.27. The van der Waals surface area contributed by atoms with Gasteiger partial charge in [0.15, 0.2) is 0 Å². The summed E-state index contributed by atoms with van der Waals surface area (Å²) < 4.78 is 6.09. The van der Waals surface area contributed by atoms with Crippen LogP contribution in [-0.2, 0) is 4.79 Å². The van der Waals surface area contributed by atoms with Crippen LogP contribution >= 0.6 is 0 Å². The van der Waals surface area contributed by atoms with Gasteiger partial charge in [0.25, 0.3) is 0 Å². The summed E-state index contributed by atoms with van der Waals surface area (Å²) in [5.74, 6) is 0.661. The number of carboxylic acids is 1. The van der Waals surface area contributed by atoms with Gasteiger partial charge in [0.05, 0.1) is 12.5 Å². The van der Waals surface area contributed by atoms with E-state index in [2.05, 4.69) is 31.3 Å². The summed E-state index contributed by atoms with van der Waals surface area (Å²) in [6.45, 7) is 5.50. The first-order chi connectivity index (χ1) is 10.1. The fourth-order valence-corrected chi connectivity index (χ4v) is 2.92. The molecule has 4 heteroatoms. The number of carboxylic acid groups (broad SMARTS) is 1. The number of rotatable bonds is 5. The van der Waals surface area contributed by atoms with E-state index < -0.39 is 5.97 Å². The molecule has 0 radical (unpaired) electrons. The lowest BCUT2D eigenvalue weighted by atomic mass is 9.95. The van der Waals surface area contributed by atoms with E-state index in [-0.39, 0.29) is 12.0 Å². The topological polar surface area (TPSA) is 58.6 Å². The number of nitrogens with one attached hydrogen (secondary N) is 1. The Labute approximate surface area is 125 Å². The average molecular weight is 289 g/mol. The molecule has 4 nitrogen and oxygen atoms in total. The van der Waals surface area contributed by atoms with E-state index in [0.717, 1.165) is 17.9 Å². The lowest BCUT2D eigenvalue weighted by Crippen LogP contribution is -2.18. The molecule has 2 N–H and O–H groups in total. The monoisotopic (exact) mass is 289 g/mol. The third-order valence-electron chi connectivity index (χ3n) is 4.72. The van der Waals surface area contributed by atoms with E-state index in [1.54, 1.807) is 0 Å². The van der Waals surface area contributed by atoms with Crippen molar-refractivity contribution in [3.05, 3.63) is 28.8 Å². The Kier molecular flexibility index (Phi) is 3.89. The summed E-state index contributed by atoms with van der Waals surface area (Å²) in [5, 5.41) is 12.5. The number of hydrogen-bond donors (Lipinski definition) is 2. The lowest BCUT2D eigenvalue weighted by molar-refractivity contribution is -0.141. The van der Waals surface area contributed by atoms with Crippen molar-refractivity contribution in [3.63, 3.8) is 0 Å². The summed E-state index contributed by atoms with van der Waals surface area (Å²) >= 11 is 0. The molecule has 1 saturated carbocycles. The highest BCUT2D eigenvalue weighted by atomic mass is 16.5. The van der Waals surface area contributed by atoms with E-state index in [9.17, 15) is 4.79 Å². The summed E-state index contributed by atoms with van der Waals surface area (Å²) in [5.41, 5.74) is 3.51. The van der Waals surface area contributed by atoms with Crippen LogP contribution in [0.1, 0.15) is 42.0 Å². The number of aryl methyl sites for hydroxylation is 1. The number of benzene rings is 1. The van der Waals surface area contributed by atoms with Gasteiger partial charge >= 0.3 is 5.97 Å². The molecule has 0 spiro atoms. The van der Waals surface area contributed by atoms with E-state index >= 15 is 0 Å². The van der Waals surface area contributed by atoms with Gasteiger partial charge in [-0.05, 0) is 50.2 Å². The van der Waals surface area contributed by atoms with Crippen LogP contribution in [0.25, 0.3) is 0 Å². The molecular formula is C17H23NO3. The third kappa shape index (κ3) is 3.05. The first-order valence-electron chi connectivity index (χ1n) is 7.75. The minimum absolute atomic E-state index is 0.0830.